The minimum absolute atomic E-state index is 0.360. The summed E-state index contributed by atoms with van der Waals surface area (Å²) in [5.41, 5.74) is 0.962. The lowest BCUT2D eigenvalue weighted by Crippen LogP contribution is -2.24. The zero-order valence-corrected chi connectivity index (χ0v) is 9.90. The Kier molecular flexibility index (Phi) is 3.94. The molecule has 0 bridgehead atoms. The SMILES string of the molecule is CCNC(c1cnccn1)c1ccc(F)cc1F. The Morgan fingerprint density at radius 3 is 2.72 bits per heavy atom. The summed E-state index contributed by atoms with van der Waals surface area (Å²) in [7, 11) is 0. The van der Waals surface area contributed by atoms with Crippen LogP contribution in [0.5, 0.6) is 0 Å². The third-order valence-electron chi connectivity index (χ3n) is 2.56. The van der Waals surface area contributed by atoms with Gasteiger partial charge in [-0.15, -0.1) is 0 Å². The molecule has 0 amide bonds. The van der Waals surface area contributed by atoms with E-state index < -0.39 is 17.7 Å². The van der Waals surface area contributed by atoms with Crippen LogP contribution >= 0.6 is 0 Å². The van der Waals surface area contributed by atoms with Crippen molar-refractivity contribution >= 4 is 0 Å². The lowest BCUT2D eigenvalue weighted by atomic mass is 10.0. The molecule has 0 aliphatic rings. The van der Waals surface area contributed by atoms with Gasteiger partial charge in [-0.25, -0.2) is 8.78 Å². The predicted molar refractivity (Wildman–Crippen MR) is 63.9 cm³/mol. The number of nitrogens with one attached hydrogen (secondary N) is 1. The number of benzene rings is 1. The van der Waals surface area contributed by atoms with Crippen molar-refractivity contribution in [2.24, 2.45) is 0 Å². The maximum atomic E-state index is 13.8. The van der Waals surface area contributed by atoms with E-state index in [1.807, 2.05) is 6.92 Å². The van der Waals surface area contributed by atoms with Gasteiger partial charge in [0, 0.05) is 24.0 Å². The molecule has 1 atom stereocenters. The first-order valence-electron chi connectivity index (χ1n) is 5.66. The monoisotopic (exact) mass is 249 g/mol. The highest BCUT2D eigenvalue weighted by atomic mass is 19.1. The van der Waals surface area contributed by atoms with Gasteiger partial charge in [0.25, 0.3) is 0 Å². The lowest BCUT2D eigenvalue weighted by Gasteiger charge is -2.18. The molecule has 0 saturated carbocycles. The number of hydrogen-bond acceptors (Lipinski definition) is 3. The summed E-state index contributed by atoms with van der Waals surface area (Å²) < 4.78 is 26.7. The summed E-state index contributed by atoms with van der Waals surface area (Å²) in [6.45, 7) is 2.54. The van der Waals surface area contributed by atoms with Crippen LogP contribution in [0.4, 0.5) is 8.78 Å². The molecule has 3 nitrogen and oxygen atoms in total. The summed E-state index contributed by atoms with van der Waals surface area (Å²) in [5, 5.41) is 3.11. The van der Waals surface area contributed by atoms with Crippen LogP contribution in [0.3, 0.4) is 0 Å². The smallest absolute Gasteiger partial charge is 0.131 e. The van der Waals surface area contributed by atoms with Gasteiger partial charge in [0.15, 0.2) is 0 Å². The molecule has 1 aromatic heterocycles. The van der Waals surface area contributed by atoms with E-state index in [9.17, 15) is 8.78 Å². The third-order valence-corrected chi connectivity index (χ3v) is 2.56. The summed E-state index contributed by atoms with van der Waals surface area (Å²) in [4.78, 5) is 8.11. The van der Waals surface area contributed by atoms with Crippen molar-refractivity contribution in [2.45, 2.75) is 13.0 Å². The van der Waals surface area contributed by atoms with Gasteiger partial charge in [-0.1, -0.05) is 13.0 Å². The van der Waals surface area contributed by atoms with Crippen LogP contribution in [0.2, 0.25) is 0 Å². The first-order valence-corrected chi connectivity index (χ1v) is 5.66. The Labute approximate surface area is 104 Å². The Balaban J connectivity index is 2.41. The molecule has 94 valence electrons. The molecule has 2 aromatic rings. The van der Waals surface area contributed by atoms with Gasteiger partial charge in [-0.3, -0.25) is 9.97 Å². The van der Waals surface area contributed by atoms with Crippen molar-refractivity contribution in [1.29, 1.82) is 0 Å². The molecule has 0 saturated heterocycles. The molecule has 5 heteroatoms. The van der Waals surface area contributed by atoms with E-state index in [-0.39, 0.29) is 0 Å². The minimum Gasteiger partial charge on any atom is -0.305 e. The van der Waals surface area contributed by atoms with E-state index in [0.717, 1.165) is 6.07 Å². The van der Waals surface area contributed by atoms with Crippen LogP contribution in [-0.4, -0.2) is 16.5 Å². The molecule has 0 spiro atoms. The van der Waals surface area contributed by atoms with Crippen molar-refractivity contribution in [1.82, 2.24) is 15.3 Å². The topological polar surface area (TPSA) is 37.8 Å². The average molecular weight is 249 g/mol. The van der Waals surface area contributed by atoms with Crippen LogP contribution in [0.15, 0.2) is 36.8 Å². The minimum atomic E-state index is -0.592. The maximum Gasteiger partial charge on any atom is 0.131 e. The van der Waals surface area contributed by atoms with Crippen LogP contribution in [0.1, 0.15) is 24.2 Å². The fourth-order valence-electron chi connectivity index (χ4n) is 1.77. The second-order valence-electron chi connectivity index (χ2n) is 3.79. The second kappa shape index (κ2) is 5.64. The maximum absolute atomic E-state index is 13.8. The first-order chi connectivity index (χ1) is 8.72. The van der Waals surface area contributed by atoms with E-state index >= 15 is 0 Å². The molecule has 1 unspecified atom stereocenters. The normalized spacial score (nSPS) is 12.4. The fraction of sp³-hybridized carbons (Fsp3) is 0.231. The molecule has 0 aliphatic carbocycles. The summed E-state index contributed by atoms with van der Waals surface area (Å²) >= 11 is 0. The zero-order valence-electron chi connectivity index (χ0n) is 9.90. The number of halogens is 2. The quantitative estimate of drug-likeness (QED) is 0.904. The van der Waals surface area contributed by atoms with E-state index in [0.29, 0.717) is 17.8 Å². The van der Waals surface area contributed by atoms with Crippen LogP contribution in [0, 0.1) is 11.6 Å². The molecule has 0 radical (unpaired) electrons. The van der Waals surface area contributed by atoms with E-state index in [1.54, 1.807) is 18.6 Å². The molecular weight excluding hydrogens is 236 g/mol. The molecule has 0 aliphatic heterocycles. The molecule has 1 aromatic carbocycles. The first kappa shape index (κ1) is 12.6. The fourth-order valence-corrected chi connectivity index (χ4v) is 1.77. The van der Waals surface area contributed by atoms with Gasteiger partial charge >= 0.3 is 0 Å². The van der Waals surface area contributed by atoms with Gasteiger partial charge in [0.2, 0.25) is 0 Å². The van der Waals surface area contributed by atoms with Gasteiger partial charge in [-0.05, 0) is 12.6 Å². The van der Waals surface area contributed by atoms with E-state index in [4.69, 9.17) is 0 Å². The molecule has 0 fully saturated rings. The van der Waals surface area contributed by atoms with Crippen molar-refractivity contribution in [2.75, 3.05) is 6.54 Å². The molecular formula is C13H13F2N3. The molecule has 1 N–H and O–H groups in total. The molecule has 18 heavy (non-hydrogen) atoms. The third kappa shape index (κ3) is 2.68. The van der Waals surface area contributed by atoms with Crippen LogP contribution in [0.25, 0.3) is 0 Å². The number of aromatic nitrogens is 2. The van der Waals surface area contributed by atoms with E-state index in [1.165, 1.54) is 12.1 Å². The van der Waals surface area contributed by atoms with Crippen molar-refractivity contribution in [3.8, 4) is 0 Å². The summed E-state index contributed by atoms with van der Waals surface area (Å²) in [6, 6.07) is 3.10. The number of hydrogen-bond donors (Lipinski definition) is 1. The van der Waals surface area contributed by atoms with Crippen molar-refractivity contribution in [3.05, 3.63) is 59.7 Å². The number of rotatable bonds is 4. The van der Waals surface area contributed by atoms with Gasteiger partial charge in [0.1, 0.15) is 11.6 Å². The highest BCUT2D eigenvalue weighted by molar-refractivity contribution is 5.28. The Hall–Kier alpha value is -1.88. The van der Waals surface area contributed by atoms with Crippen LogP contribution in [-0.2, 0) is 0 Å². The predicted octanol–water partition coefficient (Wildman–Crippen LogP) is 2.45. The summed E-state index contributed by atoms with van der Waals surface area (Å²) in [5.74, 6) is -1.18. The Bertz CT molecular complexity index is 517. The molecule has 2 rings (SSSR count). The Morgan fingerprint density at radius 1 is 1.28 bits per heavy atom. The largest absolute Gasteiger partial charge is 0.305 e. The second-order valence-corrected chi connectivity index (χ2v) is 3.79. The van der Waals surface area contributed by atoms with E-state index in [2.05, 4.69) is 15.3 Å². The van der Waals surface area contributed by atoms with Crippen LogP contribution < -0.4 is 5.32 Å². The number of nitrogens with zero attached hydrogens (tertiary/aromatic N) is 2. The Morgan fingerprint density at radius 2 is 2.11 bits per heavy atom. The highest BCUT2D eigenvalue weighted by Gasteiger charge is 2.18. The van der Waals surface area contributed by atoms with Gasteiger partial charge in [-0.2, -0.15) is 0 Å². The zero-order chi connectivity index (χ0) is 13.0. The standard InChI is InChI=1S/C13H13F2N3/c1-2-17-13(12-8-16-5-6-18-12)10-4-3-9(14)7-11(10)15/h3-8,13,17H,2H2,1H3. The lowest BCUT2D eigenvalue weighted by molar-refractivity contribution is 0.535. The van der Waals surface area contributed by atoms with Crippen molar-refractivity contribution in [3.63, 3.8) is 0 Å². The van der Waals surface area contributed by atoms with Crippen molar-refractivity contribution < 1.29 is 8.78 Å². The summed E-state index contributed by atoms with van der Waals surface area (Å²) in [6.07, 6.45) is 4.66. The average Bonchev–Trinajstić information content (AvgIpc) is 2.38. The highest BCUT2D eigenvalue weighted by Crippen LogP contribution is 2.23. The van der Waals surface area contributed by atoms with Gasteiger partial charge in [0.05, 0.1) is 17.9 Å². The van der Waals surface area contributed by atoms with Gasteiger partial charge < -0.3 is 5.32 Å². The molecule has 1 heterocycles.